The van der Waals surface area contributed by atoms with Crippen LogP contribution in [0.3, 0.4) is 0 Å². The zero-order chi connectivity index (χ0) is 16.8. The number of pyridine rings is 1. The SMILES string of the molecule is CCCN(CC1=Cc2cccc(OC)c2OC1)Cc1ccncc1. The van der Waals surface area contributed by atoms with Crippen molar-refractivity contribution in [3.05, 3.63) is 59.4 Å². The van der Waals surface area contributed by atoms with Crippen LogP contribution in [0, 0.1) is 0 Å². The van der Waals surface area contributed by atoms with E-state index < -0.39 is 0 Å². The number of fused-ring (bicyclic) bond motifs is 1. The lowest BCUT2D eigenvalue weighted by Crippen LogP contribution is -2.28. The fourth-order valence-corrected chi connectivity index (χ4v) is 3.04. The Morgan fingerprint density at radius 1 is 1.17 bits per heavy atom. The summed E-state index contributed by atoms with van der Waals surface area (Å²) in [7, 11) is 1.68. The molecule has 0 saturated carbocycles. The summed E-state index contributed by atoms with van der Waals surface area (Å²) in [5.74, 6) is 1.64. The Bertz CT molecular complexity index is 698. The molecule has 0 bridgehead atoms. The largest absolute Gasteiger partial charge is 0.493 e. The lowest BCUT2D eigenvalue weighted by atomic mass is 10.1. The average molecular weight is 324 g/mol. The minimum Gasteiger partial charge on any atom is -0.493 e. The van der Waals surface area contributed by atoms with Gasteiger partial charge in [-0.15, -0.1) is 0 Å². The Balaban J connectivity index is 1.74. The standard InChI is InChI=1S/C20H24N2O2/c1-3-11-22(13-16-7-9-21-10-8-16)14-17-12-18-5-4-6-19(23-2)20(18)24-15-17/h4-10,12H,3,11,13-15H2,1-2H3. The van der Waals surface area contributed by atoms with E-state index in [2.05, 4.69) is 41.1 Å². The zero-order valence-electron chi connectivity index (χ0n) is 14.4. The lowest BCUT2D eigenvalue weighted by Gasteiger charge is -2.26. The van der Waals surface area contributed by atoms with E-state index in [9.17, 15) is 0 Å². The summed E-state index contributed by atoms with van der Waals surface area (Å²) in [6.07, 6.45) is 7.07. The molecule has 126 valence electrons. The predicted molar refractivity (Wildman–Crippen MR) is 96.3 cm³/mol. The molecule has 24 heavy (non-hydrogen) atoms. The van der Waals surface area contributed by atoms with Crippen molar-refractivity contribution in [2.45, 2.75) is 19.9 Å². The number of hydrogen-bond donors (Lipinski definition) is 0. The van der Waals surface area contributed by atoms with Gasteiger partial charge in [0.05, 0.1) is 7.11 Å². The van der Waals surface area contributed by atoms with Gasteiger partial charge >= 0.3 is 0 Å². The zero-order valence-corrected chi connectivity index (χ0v) is 14.4. The first-order valence-electron chi connectivity index (χ1n) is 8.40. The first-order chi connectivity index (χ1) is 11.8. The molecule has 1 aliphatic rings. The molecular weight excluding hydrogens is 300 g/mol. The van der Waals surface area contributed by atoms with E-state index in [4.69, 9.17) is 9.47 Å². The van der Waals surface area contributed by atoms with Crippen molar-refractivity contribution >= 4 is 6.08 Å². The molecule has 0 atom stereocenters. The van der Waals surface area contributed by atoms with Crippen molar-refractivity contribution in [3.63, 3.8) is 0 Å². The molecule has 0 unspecified atom stereocenters. The van der Waals surface area contributed by atoms with Crippen molar-refractivity contribution in [2.24, 2.45) is 0 Å². The minimum absolute atomic E-state index is 0.615. The van der Waals surface area contributed by atoms with Crippen molar-refractivity contribution in [3.8, 4) is 11.5 Å². The van der Waals surface area contributed by atoms with Gasteiger partial charge in [0.25, 0.3) is 0 Å². The van der Waals surface area contributed by atoms with Crippen LogP contribution in [-0.4, -0.2) is 36.7 Å². The highest BCUT2D eigenvalue weighted by molar-refractivity contribution is 5.66. The molecule has 0 radical (unpaired) electrons. The number of benzene rings is 1. The Morgan fingerprint density at radius 2 is 2.00 bits per heavy atom. The van der Waals surface area contributed by atoms with Crippen LogP contribution in [0.1, 0.15) is 24.5 Å². The van der Waals surface area contributed by atoms with E-state index in [0.29, 0.717) is 6.61 Å². The third-order valence-electron chi connectivity index (χ3n) is 4.11. The molecular formula is C20H24N2O2. The van der Waals surface area contributed by atoms with E-state index in [-0.39, 0.29) is 0 Å². The number of nitrogens with zero attached hydrogens (tertiary/aromatic N) is 2. The summed E-state index contributed by atoms with van der Waals surface area (Å²) >= 11 is 0. The molecule has 3 rings (SSSR count). The van der Waals surface area contributed by atoms with Gasteiger partial charge in [-0.1, -0.05) is 19.1 Å². The van der Waals surface area contributed by atoms with E-state index >= 15 is 0 Å². The highest BCUT2D eigenvalue weighted by Crippen LogP contribution is 2.35. The maximum absolute atomic E-state index is 5.96. The van der Waals surface area contributed by atoms with Gasteiger partial charge < -0.3 is 9.47 Å². The van der Waals surface area contributed by atoms with Gasteiger partial charge in [0.2, 0.25) is 0 Å². The summed E-state index contributed by atoms with van der Waals surface area (Å²) in [4.78, 5) is 6.55. The highest BCUT2D eigenvalue weighted by atomic mass is 16.5. The fraction of sp³-hybridized carbons (Fsp3) is 0.350. The Labute approximate surface area is 143 Å². The van der Waals surface area contributed by atoms with Crippen molar-refractivity contribution in [1.29, 1.82) is 0 Å². The van der Waals surface area contributed by atoms with Gasteiger partial charge in [0, 0.05) is 31.0 Å². The second-order valence-corrected chi connectivity index (χ2v) is 6.04. The molecule has 0 saturated heterocycles. The molecule has 0 aliphatic carbocycles. The summed E-state index contributed by atoms with van der Waals surface area (Å²) in [5, 5.41) is 0. The number of methoxy groups -OCH3 is 1. The molecule has 0 spiro atoms. The highest BCUT2D eigenvalue weighted by Gasteiger charge is 2.17. The van der Waals surface area contributed by atoms with Gasteiger partial charge in [-0.2, -0.15) is 0 Å². The Hall–Kier alpha value is -2.33. The van der Waals surface area contributed by atoms with Crippen LogP contribution < -0.4 is 9.47 Å². The number of aromatic nitrogens is 1. The van der Waals surface area contributed by atoms with Gasteiger partial charge in [-0.05, 0) is 48.4 Å². The van der Waals surface area contributed by atoms with E-state index in [0.717, 1.165) is 43.1 Å². The quantitative estimate of drug-likeness (QED) is 0.776. The number of ether oxygens (including phenoxy) is 2. The molecule has 2 heterocycles. The van der Waals surface area contributed by atoms with E-state index in [1.165, 1.54) is 11.1 Å². The van der Waals surface area contributed by atoms with Crippen LogP contribution in [0.15, 0.2) is 48.3 Å². The Morgan fingerprint density at radius 3 is 2.75 bits per heavy atom. The normalized spacial score (nSPS) is 13.2. The fourth-order valence-electron chi connectivity index (χ4n) is 3.04. The van der Waals surface area contributed by atoms with Gasteiger partial charge in [-0.25, -0.2) is 0 Å². The molecule has 0 amide bonds. The topological polar surface area (TPSA) is 34.6 Å². The molecule has 1 aromatic heterocycles. The van der Waals surface area contributed by atoms with E-state index in [1.54, 1.807) is 7.11 Å². The molecule has 1 aromatic carbocycles. The molecule has 0 N–H and O–H groups in total. The Kier molecular flexibility index (Phi) is 5.49. The number of para-hydroxylation sites is 1. The maximum Gasteiger partial charge on any atom is 0.168 e. The maximum atomic E-state index is 5.96. The summed E-state index contributed by atoms with van der Waals surface area (Å²) in [6.45, 7) is 5.73. The second-order valence-electron chi connectivity index (χ2n) is 6.04. The van der Waals surface area contributed by atoms with E-state index in [1.807, 2.05) is 24.5 Å². The molecule has 4 heteroatoms. The lowest BCUT2D eigenvalue weighted by molar-refractivity contribution is 0.262. The third kappa shape index (κ3) is 3.95. The monoisotopic (exact) mass is 324 g/mol. The first kappa shape index (κ1) is 16.5. The van der Waals surface area contributed by atoms with Crippen LogP contribution in [0.4, 0.5) is 0 Å². The first-order valence-corrected chi connectivity index (χ1v) is 8.40. The predicted octanol–water partition coefficient (Wildman–Crippen LogP) is 3.78. The van der Waals surface area contributed by atoms with Crippen LogP contribution in [0.25, 0.3) is 6.08 Å². The smallest absolute Gasteiger partial charge is 0.168 e. The summed E-state index contributed by atoms with van der Waals surface area (Å²) in [6, 6.07) is 10.2. The van der Waals surface area contributed by atoms with Crippen molar-refractivity contribution in [2.75, 3.05) is 26.8 Å². The molecule has 1 aliphatic heterocycles. The summed E-state index contributed by atoms with van der Waals surface area (Å²) in [5.41, 5.74) is 3.67. The van der Waals surface area contributed by atoms with Crippen LogP contribution in [0.5, 0.6) is 11.5 Å². The van der Waals surface area contributed by atoms with Crippen LogP contribution in [-0.2, 0) is 6.54 Å². The van der Waals surface area contributed by atoms with Gasteiger partial charge in [0.1, 0.15) is 6.61 Å². The average Bonchev–Trinajstić information content (AvgIpc) is 2.62. The van der Waals surface area contributed by atoms with Crippen LogP contribution >= 0.6 is 0 Å². The van der Waals surface area contributed by atoms with Gasteiger partial charge in [0.15, 0.2) is 11.5 Å². The molecule has 2 aromatic rings. The minimum atomic E-state index is 0.615. The number of hydrogen-bond acceptors (Lipinski definition) is 4. The number of rotatable bonds is 7. The van der Waals surface area contributed by atoms with Crippen LogP contribution in [0.2, 0.25) is 0 Å². The summed E-state index contributed by atoms with van der Waals surface area (Å²) < 4.78 is 11.3. The van der Waals surface area contributed by atoms with Gasteiger partial charge in [-0.3, -0.25) is 9.88 Å². The van der Waals surface area contributed by atoms with Crippen molar-refractivity contribution in [1.82, 2.24) is 9.88 Å². The van der Waals surface area contributed by atoms with Crippen molar-refractivity contribution < 1.29 is 9.47 Å². The second kappa shape index (κ2) is 7.97. The molecule has 0 fully saturated rings. The third-order valence-corrected chi connectivity index (χ3v) is 4.11. The molecule has 4 nitrogen and oxygen atoms in total.